The summed E-state index contributed by atoms with van der Waals surface area (Å²) in [5, 5.41) is 3.56. The van der Waals surface area contributed by atoms with Crippen LogP contribution in [0.5, 0.6) is 0 Å². The highest BCUT2D eigenvalue weighted by atomic mass is 32.2. The van der Waals surface area contributed by atoms with Gasteiger partial charge in [0.25, 0.3) is 5.56 Å². The van der Waals surface area contributed by atoms with E-state index in [4.69, 9.17) is 0 Å². The largest absolute Gasteiger partial charge is 0.352 e. The van der Waals surface area contributed by atoms with Crippen molar-refractivity contribution in [2.24, 2.45) is 5.92 Å². The smallest absolute Gasteiger partial charge is 0.251 e. The number of H-pyrrole nitrogens is 1. The molecule has 5 nitrogen and oxygen atoms in total. The lowest BCUT2D eigenvalue weighted by molar-refractivity contribution is -0.119. The van der Waals surface area contributed by atoms with Crippen molar-refractivity contribution >= 4 is 17.7 Å². The molecule has 1 aromatic rings. The first-order valence-electron chi connectivity index (χ1n) is 6.62. The highest BCUT2D eigenvalue weighted by Gasteiger charge is 2.22. The zero-order valence-electron chi connectivity index (χ0n) is 11.0. The van der Waals surface area contributed by atoms with Gasteiger partial charge in [0.2, 0.25) is 5.91 Å². The van der Waals surface area contributed by atoms with Gasteiger partial charge in [0.1, 0.15) is 0 Å². The van der Waals surface area contributed by atoms with E-state index in [0.717, 1.165) is 6.42 Å². The number of thioether (sulfide) groups is 1. The highest BCUT2D eigenvalue weighted by Crippen LogP contribution is 2.23. The van der Waals surface area contributed by atoms with Gasteiger partial charge in [0.05, 0.1) is 5.75 Å². The predicted molar refractivity (Wildman–Crippen MR) is 75.1 cm³/mol. The van der Waals surface area contributed by atoms with Crippen LogP contribution >= 0.6 is 11.8 Å². The van der Waals surface area contributed by atoms with Crippen molar-refractivity contribution in [1.29, 1.82) is 0 Å². The number of rotatable bonds is 4. The number of hydrogen-bond acceptors (Lipinski definition) is 4. The number of carbonyl (C=O) groups excluding carboxylic acids is 1. The fourth-order valence-electron chi connectivity index (χ4n) is 2.34. The normalized spacial score (nSPS) is 23.0. The van der Waals surface area contributed by atoms with Gasteiger partial charge in [-0.2, -0.15) is 0 Å². The Morgan fingerprint density at radius 3 is 3.05 bits per heavy atom. The predicted octanol–water partition coefficient (Wildman–Crippen LogP) is 1.56. The van der Waals surface area contributed by atoms with Gasteiger partial charge in [-0.1, -0.05) is 31.5 Å². The first-order valence-corrected chi connectivity index (χ1v) is 7.61. The third-order valence-electron chi connectivity index (χ3n) is 3.45. The number of hydrogen-bond donors (Lipinski definition) is 2. The molecule has 2 rings (SSSR count). The SMILES string of the molecule is C[C@H]1CCCC[C@@H]1NC(=O)CSc1nccc(=O)[nH]1. The number of aromatic nitrogens is 2. The summed E-state index contributed by atoms with van der Waals surface area (Å²) in [5.41, 5.74) is -0.196. The van der Waals surface area contributed by atoms with Crippen LogP contribution in [0, 0.1) is 5.92 Å². The van der Waals surface area contributed by atoms with E-state index < -0.39 is 0 Å². The van der Waals surface area contributed by atoms with Crippen LogP contribution in [-0.2, 0) is 4.79 Å². The summed E-state index contributed by atoms with van der Waals surface area (Å²) in [6, 6.07) is 1.65. The van der Waals surface area contributed by atoms with Gasteiger partial charge in [-0.3, -0.25) is 9.59 Å². The maximum Gasteiger partial charge on any atom is 0.251 e. The lowest BCUT2D eigenvalue weighted by atomic mass is 9.86. The second-order valence-electron chi connectivity index (χ2n) is 4.96. The van der Waals surface area contributed by atoms with Gasteiger partial charge in [-0.15, -0.1) is 0 Å². The summed E-state index contributed by atoms with van der Waals surface area (Å²) in [6.07, 6.45) is 6.15. The van der Waals surface area contributed by atoms with E-state index in [0.29, 0.717) is 17.1 Å². The zero-order chi connectivity index (χ0) is 13.7. The first-order chi connectivity index (χ1) is 9.15. The van der Waals surface area contributed by atoms with Crippen molar-refractivity contribution in [2.45, 2.75) is 43.8 Å². The van der Waals surface area contributed by atoms with Crippen molar-refractivity contribution < 1.29 is 4.79 Å². The molecule has 1 saturated carbocycles. The number of nitrogens with zero attached hydrogens (tertiary/aromatic N) is 1. The molecule has 1 aromatic heterocycles. The van der Waals surface area contributed by atoms with E-state index in [1.54, 1.807) is 0 Å². The van der Waals surface area contributed by atoms with Crippen LogP contribution in [0.1, 0.15) is 32.6 Å². The molecule has 1 aliphatic carbocycles. The molecule has 0 aliphatic heterocycles. The summed E-state index contributed by atoms with van der Waals surface area (Å²) in [7, 11) is 0. The standard InChI is InChI=1S/C13H19N3O2S/c1-9-4-2-3-5-10(9)15-12(18)8-19-13-14-7-6-11(17)16-13/h6-7,9-10H,2-5,8H2,1H3,(H,15,18)(H,14,16,17)/t9-,10-/m0/s1. The minimum Gasteiger partial charge on any atom is -0.352 e. The third kappa shape index (κ3) is 4.38. The Morgan fingerprint density at radius 1 is 1.53 bits per heavy atom. The maximum atomic E-state index is 11.9. The summed E-state index contributed by atoms with van der Waals surface area (Å²) in [4.78, 5) is 29.5. The van der Waals surface area contributed by atoms with Crippen LogP contribution in [0.25, 0.3) is 0 Å². The molecule has 0 aromatic carbocycles. The van der Waals surface area contributed by atoms with E-state index in [-0.39, 0.29) is 17.2 Å². The van der Waals surface area contributed by atoms with Crippen LogP contribution in [0.15, 0.2) is 22.2 Å². The molecule has 0 unspecified atom stereocenters. The summed E-state index contributed by atoms with van der Waals surface area (Å²) in [6.45, 7) is 2.19. The molecule has 1 amide bonds. The monoisotopic (exact) mass is 281 g/mol. The van der Waals surface area contributed by atoms with Crippen LogP contribution in [0.2, 0.25) is 0 Å². The molecule has 2 atom stereocenters. The van der Waals surface area contributed by atoms with Crippen LogP contribution in [0.4, 0.5) is 0 Å². The van der Waals surface area contributed by atoms with E-state index >= 15 is 0 Å². The van der Waals surface area contributed by atoms with E-state index in [9.17, 15) is 9.59 Å². The summed E-state index contributed by atoms with van der Waals surface area (Å²) in [5.74, 6) is 0.850. The van der Waals surface area contributed by atoms with Crippen molar-refractivity contribution in [1.82, 2.24) is 15.3 Å². The minimum atomic E-state index is -0.196. The van der Waals surface area contributed by atoms with Gasteiger partial charge in [0.15, 0.2) is 5.16 Å². The summed E-state index contributed by atoms with van der Waals surface area (Å²) >= 11 is 1.25. The van der Waals surface area contributed by atoms with Crippen molar-refractivity contribution in [3.05, 3.63) is 22.6 Å². The number of amides is 1. The Bertz CT molecular complexity index is 489. The van der Waals surface area contributed by atoms with Crippen LogP contribution < -0.4 is 10.9 Å². The van der Waals surface area contributed by atoms with E-state index in [2.05, 4.69) is 22.2 Å². The second kappa shape index (κ2) is 6.75. The van der Waals surface area contributed by atoms with Gasteiger partial charge >= 0.3 is 0 Å². The fraction of sp³-hybridized carbons (Fsp3) is 0.615. The molecule has 2 N–H and O–H groups in total. The summed E-state index contributed by atoms with van der Waals surface area (Å²) < 4.78 is 0. The molecule has 19 heavy (non-hydrogen) atoms. The number of nitrogens with one attached hydrogen (secondary N) is 2. The molecular weight excluding hydrogens is 262 g/mol. The van der Waals surface area contributed by atoms with Crippen molar-refractivity contribution in [3.8, 4) is 0 Å². The molecule has 0 saturated heterocycles. The van der Waals surface area contributed by atoms with E-state index in [1.807, 2.05) is 0 Å². The van der Waals surface area contributed by atoms with Crippen LogP contribution in [-0.4, -0.2) is 27.7 Å². The lowest BCUT2D eigenvalue weighted by Gasteiger charge is -2.29. The quantitative estimate of drug-likeness (QED) is 0.649. The maximum absolute atomic E-state index is 11.9. The first kappa shape index (κ1) is 14.1. The molecule has 1 fully saturated rings. The molecule has 1 aliphatic rings. The Kier molecular flexibility index (Phi) is 5.01. The van der Waals surface area contributed by atoms with Gasteiger partial charge in [0, 0.05) is 18.3 Å². The molecule has 0 bridgehead atoms. The average Bonchev–Trinajstić information content (AvgIpc) is 2.39. The Hall–Kier alpha value is -1.30. The zero-order valence-corrected chi connectivity index (χ0v) is 11.8. The fourth-order valence-corrected chi connectivity index (χ4v) is 3.00. The average molecular weight is 281 g/mol. The van der Waals surface area contributed by atoms with E-state index in [1.165, 1.54) is 43.3 Å². The molecule has 0 radical (unpaired) electrons. The Balaban J connectivity index is 1.79. The van der Waals surface area contributed by atoms with Crippen molar-refractivity contribution in [3.63, 3.8) is 0 Å². The molecular formula is C13H19N3O2S. The molecule has 6 heteroatoms. The topological polar surface area (TPSA) is 74.8 Å². The van der Waals surface area contributed by atoms with Gasteiger partial charge < -0.3 is 10.3 Å². The second-order valence-corrected chi connectivity index (χ2v) is 5.93. The number of carbonyl (C=O) groups is 1. The number of aromatic amines is 1. The van der Waals surface area contributed by atoms with Gasteiger partial charge in [-0.05, 0) is 18.8 Å². The third-order valence-corrected chi connectivity index (χ3v) is 4.33. The van der Waals surface area contributed by atoms with Gasteiger partial charge in [-0.25, -0.2) is 4.98 Å². The Labute approximate surface area is 116 Å². The Morgan fingerprint density at radius 2 is 2.32 bits per heavy atom. The van der Waals surface area contributed by atoms with Crippen molar-refractivity contribution in [2.75, 3.05) is 5.75 Å². The molecule has 0 spiro atoms. The molecule has 1 heterocycles. The highest BCUT2D eigenvalue weighted by molar-refractivity contribution is 7.99. The minimum absolute atomic E-state index is 0.00949. The molecule has 104 valence electrons. The lowest BCUT2D eigenvalue weighted by Crippen LogP contribution is -2.41. The van der Waals surface area contributed by atoms with Crippen LogP contribution in [0.3, 0.4) is 0 Å².